The van der Waals surface area contributed by atoms with Crippen LogP contribution in [0.15, 0.2) is 70.2 Å². The molecule has 2 atom stereocenters. The summed E-state index contributed by atoms with van der Waals surface area (Å²) >= 11 is 1.56. The fourth-order valence-electron chi connectivity index (χ4n) is 6.82. The molecule has 0 saturated carbocycles. The summed E-state index contributed by atoms with van der Waals surface area (Å²) < 4.78 is 44.1. The number of nitrogens with zero attached hydrogens (tertiary/aromatic N) is 5. The average Bonchev–Trinajstić information content (AvgIpc) is 3.88. The molecular formula is C40H55N8O8PS. The van der Waals surface area contributed by atoms with Crippen molar-refractivity contribution < 1.29 is 37.4 Å². The summed E-state index contributed by atoms with van der Waals surface area (Å²) in [5, 5.41) is 9.72. The van der Waals surface area contributed by atoms with Crippen molar-refractivity contribution in [2.45, 2.75) is 78.9 Å². The van der Waals surface area contributed by atoms with Crippen molar-refractivity contribution in [3.05, 3.63) is 87.2 Å². The van der Waals surface area contributed by atoms with Crippen LogP contribution in [-0.2, 0) is 45.9 Å². The second-order valence-corrected chi connectivity index (χ2v) is 18.4. The highest BCUT2D eigenvalue weighted by Crippen LogP contribution is 2.48. The molecule has 1 aromatic carbocycles. The number of allylic oxidation sites excluding steroid dienone is 1. The molecule has 4 N–H and O–H groups in total. The third-order valence-electron chi connectivity index (χ3n) is 10.1. The van der Waals surface area contributed by atoms with Crippen molar-refractivity contribution in [3.63, 3.8) is 0 Å². The fourth-order valence-corrected chi connectivity index (χ4v) is 8.67. The molecule has 5 heterocycles. The number of nitrogens with two attached hydrogens (primary N) is 1. The number of thiazole rings is 1. The van der Waals surface area contributed by atoms with Crippen LogP contribution in [-0.4, -0.2) is 89.7 Å². The Morgan fingerprint density at radius 2 is 1.86 bits per heavy atom. The highest BCUT2D eigenvalue weighted by molar-refractivity contribution is 7.54. The van der Waals surface area contributed by atoms with Crippen LogP contribution >= 0.6 is 18.9 Å². The summed E-state index contributed by atoms with van der Waals surface area (Å²) in [4.78, 5) is 40.8. The number of piperidine rings is 1. The third kappa shape index (κ3) is 11.4. The lowest BCUT2D eigenvalue weighted by Crippen LogP contribution is -2.46. The van der Waals surface area contributed by atoms with Crippen LogP contribution in [0.1, 0.15) is 87.9 Å². The van der Waals surface area contributed by atoms with Crippen molar-refractivity contribution in [3.8, 4) is 5.75 Å². The van der Waals surface area contributed by atoms with Gasteiger partial charge in [-0.05, 0) is 97.0 Å². The summed E-state index contributed by atoms with van der Waals surface area (Å²) in [5.41, 5.74) is 10.7. The highest BCUT2D eigenvalue weighted by atomic mass is 32.1. The lowest BCUT2D eigenvalue weighted by Gasteiger charge is -2.36. The zero-order chi connectivity index (χ0) is 41.3. The lowest BCUT2D eigenvalue weighted by atomic mass is 9.89. The number of nitrogens with one attached hydrogen (secondary N) is 2. The van der Waals surface area contributed by atoms with Gasteiger partial charge in [-0.25, -0.2) is 24.3 Å². The molecule has 1 fully saturated rings. The molecule has 0 aliphatic carbocycles. The maximum Gasteiger partial charge on any atom is 0.407 e. The van der Waals surface area contributed by atoms with Crippen molar-refractivity contribution in [2.24, 2.45) is 16.1 Å². The van der Waals surface area contributed by atoms with Crippen LogP contribution in [0.25, 0.3) is 0 Å². The second kappa shape index (κ2) is 19.6. The van der Waals surface area contributed by atoms with E-state index in [1.165, 1.54) is 0 Å². The summed E-state index contributed by atoms with van der Waals surface area (Å²) in [6, 6.07) is 7.51. The van der Waals surface area contributed by atoms with Gasteiger partial charge in [0.2, 0.25) is 6.79 Å². The molecule has 3 aromatic rings. The molecule has 18 heteroatoms. The third-order valence-corrected chi connectivity index (χ3v) is 12.4. The van der Waals surface area contributed by atoms with Crippen LogP contribution in [0, 0.1) is 5.41 Å². The van der Waals surface area contributed by atoms with Gasteiger partial charge in [0.05, 0.1) is 30.5 Å². The number of fused-ring (bicyclic) bond motifs is 1. The number of carbonyl (C=O) groups excluding carboxylic acids is 2. The summed E-state index contributed by atoms with van der Waals surface area (Å²) in [7, 11) is -3.95. The molecule has 2 aromatic heterocycles. The second-order valence-electron chi connectivity index (χ2n) is 15.5. The minimum absolute atomic E-state index is 0.169. The summed E-state index contributed by atoms with van der Waals surface area (Å²) in [6.07, 6.45) is 8.11. The Morgan fingerprint density at radius 3 is 2.57 bits per heavy atom. The number of rotatable bonds is 16. The molecule has 3 aliphatic rings. The minimum atomic E-state index is -3.95. The van der Waals surface area contributed by atoms with E-state index < -0.39 is 25.8 Å². The molecule has 1 saturated heterocycles. The Hall–Kier alpha value is -4.38. The number of aromatic nitrogens is 3. The molecule has 0 spiro atoms. The van der Waals surface area contributed by atoms with E-state index in [2.05, 4.69) is 30.5 Å². The molecule has 2 unspecified atom stereocenters. The first-order chi connectivity index (χ1) is 27.8. The van der Waals surface area contributed by atoms with Crippen molar-refractivity contribution in [2.75, 3.05) is 52.5 Å². The number of hydrogen-bond acceptors (Lipinski definition) is 16. The quantitative estimate of drug-likeness (QED) is 0.0699. The smallest absolute Gasteiger partial charge is 0.407 e. The van der Waals surface area contributed by atoms with Crippen molar-refractivity contribution >= 4 is 36.7 Å². The van der Waals surface area contributed by atoms with Gasteiger partial charge in [0, 0.05) is 48.8 Å². The van der Waals surface area contributed by atoms with E-state index in [0.717, 1.165) is 66.3 Å². The molecule has 3 aliphatic heterocycles. The van der Waals surface area contributed by atoms with Gasteiger partial charge >= 0.3 is 19.5 Å². The van der Waals surface area contributed by atoms with Crippen molar-refractivity contribution in [1.29, 1.82) is 0 Å². The first-order valence-corrected chi connectivity index (χ1v) is 22.2. The van der Waals surface area contributed by atoms with Gasteiger partial charge in [0.25, 0.3) is 0 Å². The molecule has 314 valence electrons. The first-order valence-electron chi connectivity index (χ1n) is 19.6. The van der Waals surface area contributed by atoms with Gasteiger partial charge in [0.15, 0.2) is 12.2 Å². The van der Waals surface area contributed by atoms with Crippen LogP contribution in [0.5, 0.6) is 5.75 Å². The molecular weight excluding hydrogens is 784 g/mol. The number of aliphatic imine (C=N–C) groups is 1. The fraction of sp³-hybridized carbons (Fsp3) is 0.525. The molecule has 0 radical (unpaired) electrons. The number of carbonyl (C=O) groups is 2. The van der Waals surface area contributed by atoms with Crippen LogP contribution in [0.2, 0.25) is 0 Å². The summed E-state index contributed by atoms with van der Waals surface area (Å²) in [5.74, 6) is 0.197. The number of imidazole rings is 1. The number of ether oxygens (including phenoxy) is 3. The van der Waals surface area contributed by atoms with E-state index in [1.54, 1.807) is 63.0 Å². The molecule has 0 amide bonds. The average molecular weight is 839 g/mol. The van der Waals surface area contributed by atoms with E-state index in [0.29, 0.717) is 55.0 Å². The number of hydrogen-bond donors (Lipinski definition) is 3. The van der Waals surface area contributed by atoms with Gasteiger partial charge in [-0.1, -0.05) is 17.7 Å². The normalized spacial score (nSPS) is 19.2. The predicted molar refractivity (Wildman–Crippen MR) is 220 cm³/mol. The largest absolute Gasteiger partial charge is 0.463 e. The number of esters is 2. The highest BCUT2D eigenvalue weighted by Gasteiger charge is 2.32. The van der Waals surface area contributed by atoms with Gasteiger partial charge in [-0.3, -0.25) is 19.5 Å². The Balaban J connectivity index is 1.05. The summed E-state index contributed by atoms with van der Waals surface area (Å²) in [6.45, 7) is 12.0. The number of likely N-dealkylation sites (tertiary alicyclic amines) is 1. The number of amidine groups is 1. The van der Waals surface area contributed by atoms with Crippen LogP contribution in [0.3, 0.4) is 0 Å². The SMILES string of the molecule is CCOC(=O)C1=C(CN2CCC(c3ccc(OP(=O)(COCCn4cnc5c4CCC(C)=CN=C5N)OCOC(=O)C(C)(C)C)cc3)CC2)NC(c2nccs2)NC1. The van der Waals surface area contributed by atoms with E-state index in [4.69, 9.17) is 29.0 Å². The Morgan fingerprint density at radius 1 is 1.09 bits per heavy atom. The van der Waals surface area contributed by atoms with E-state index >= 15 is 0 Å². The maximum atomic E-state index is 14.1. The molecule has 6 rings (SSSR count). The van der Waals surface area contributed by atoms with E-state index in [1.807, 2.05) is 35.9 Å². The molecule has 0 bridgehead atoms. The Kier molecular flexibility index (Phi) is 14.6. The standard InChI is InChI=1S/C40H55N8O8PS/c1-6-53-38(49)31-22-44-36(37-42-15-20-58-37)46-32(31)23-47-16-13-29(14-17-47)28-8-10-30(11-9-28)56-57(51,55-25-54-39(50)40(3,4)5)26-52-19-18-48-24-45-34-33(48)12-7-27(2)21-43-35(34)41/h8-11,15,20-21,24,29,36,44,46H,6-7,12-14,16-19,22-23,25-26H2,1-5H3,(H2,41,43). The zero-order valence-electron chi connectivity index (χ0n) is 33.9. The Bertz CT molecular complexity index is 2020. The van der Waals surface area contributed by atoms with E-state index in [-0.39, 0.29) is 25.1 Å². The van der Waals surface area contributed by atoms with Crippen LogP contribution in [0.4, 0.5) is 0 Å². The van der Waals surface area contributed by atoms with E-state index in [9.17, 15) is 14.2 Å². The van der Waals surface area contributed by atoms with Crippen molar-refractivity contribution in [1.82, 2.24) is 30.1 Å². The van der Waals surface area contributed by atoms with Crippen LogP contribution < -0.4 is 20.9 Å². The minimum Gasteiger partial charge on any atom is -0.463 e. The van der Waals surface area contributed by atoms with Gasteiger partial charge in [-0.2, -0.15) is 0 Å². The van der Waals surface area contributed by atoms with Gasteiger partial charge < -0.3 is 34.4 Å². The van der Waals surface area contributed by atoms with Gasteiger partial charge in [-0.15, -0.1) is 11.3 Å². The molecule has 16 nitrogen and oxygen atoms in total. The first kappa shape index (κ1) is 43.2. The lowest BCUT2D eigenvalue weighted by molar-refractivity contribution is -0.160. The maximum absolute atomic E-state index is 14.1. The predicted octanol–water partition coefficient (Wildman–Crippen LogP) is 5.59. The monoisotopic (exact) mass is 838 g/mol. The van der Waals surface area contributed by atoms with Gasteiger partial charge in [0.1, 0.15) is 22.6 Å². The topological polar surface area (TPSA) is 194 Å². The number of benzene rings is 1. The Labute approximate surface area is 343 Å². The molecule has 58 heavy (non-hydrogen) atoms. The zero-order valence-corrected chi connectivity index (χ0v) is 35.6.